The fourth-order valence-corrected chi connectivity index (χ4v) is 2.59. The Morgan fingerprint density at radius 1 is 1.14 bits per heavy atom. The van der Waals surface area contributed by atoms with Gasteiger partial charge in [-0.3, -0.25) is 4.79 Å². The molecule has 0 aliphatic rings. The van der Waals surface area contributed by atoms with Crippen LogP contribution in [0.25, 0.3) is 11.1 Å². The molecule has 0 aliphatic heterocycles. The summed E-state index contributed by atoms with van der Waals surface area (Å²) >= 11 is 12.6. The van der Waals surface area contributed by atoms with E-state index in [9.17, 15) is 4.79 Å². The molecule has 0 bridgehead atoms. The molecule has 1 aromatic heterocycles. The Kier molecular flexibility index (Phi) is 4.05. The lowest BCUT2D eigenvalue weighted by Crippen LogP contribution is -2.04. The Hall–Kier alpha value is -1.69. The van der Waals surface area contributed by atoms with E-state index in [1.165, 1.54) is 0 Å². The molecule has 21 heavy (non-hydrogen) atoms. The van der Waals surface area contributed by atoms with Crippen LogP contribution in [-0.2, 0) is 0 Å². The first-order chi connectivity index (χ1) is 10.1. The number of halogens is 2. The lowest BCUT2D eigenvalue weighted by atomic mass is 10.3. The molecule has 0 radical (unpaired) electrons. The highest BCUT2D eigenvalue weighted by atomic mass is 35.5. The molecule has 3 rings (SSSR count). The van der Waals surface area contributed by atoms with E-state index in [2.05, 4.69) is 10.3 Å². The maximum atomic E-state index is 11.9. The number of para-hydroxylation sites is 2. The molecule has 0 fully saturated rings. The number of rotatable bonds is 2. The zero-order valence-electron chi connectivity index (χ0n) is 10.5. The third kappa shape index (κ3) is 3.32. The number of nitrogens with one attached hydrogen (secondary N) is 1. The molecule has 0 unspecified atom stereocenters. The van der Waals surface area contributed by atoms with E-state index >= 15 is 0 Å². The lowest BCUT2D eigenvalue weighted by molar-refractivity contribution is 0.269. The summed E-state index contributed by atoms with van der Waals surface area (Å²) in [6, 6.07) is 12.2. The van der Waals surface area contributed by atoms with Crippen LogP contribution < -0.4 is 5.32 Å². The van der Waals surface area contributed by atoms with E-state index in [0.717, 1.165) is 11.8 Å². The monoisotopic (exact) mass is 338 g/mol. The fourth-order valence-electron chi connectivity index (χ4n) is 1.69. The maximum absolute atomic E-state index is 11.9. The second kappa shape index (κ2) is 5.97. The van der Waals surface area contributed by atoms with Crippen LogP contribution >= 0.6 is 35.0 Å². The number of hydrogen-bond donors (Lipinski definition) is 1. The predicted octanol–water partition coefficient (Wildman–Crippen LogP) is 5.46. The number of aromatic nitrogens is 1. The number of amides is 1. The van der Waals surface area contributed by atoms with Crippen LogP contribution in [0.5, 0.6) is 0 Å². The first-order valence-electron chi connectivity index (χ1n) is 5.91. The van der Waals surface area contributed by atoms with E-state index in [0.29, 0.717) is 26.8 Å². The highest BCUT2D eigenvalue weighted by Crippen LogP contribution is 2.28. The smallest absolute Gasteiger partial charge is 0.292 e. The van der Waals surface area contributed by atoms with Gasteiger partial charge >= 0.3 is 0 Å². The zero-order valence-corrected chi connectivity index (χ0v) is 12.8. The number of oxazole rings is 1. The minimum absolute atomic E-state index is 0.286. The molecule has 3 aromatic rings. The standard InChI is InChI=1S/C14H8Cl2N2O2S/c15-9-6-5-8(7-10(9)16)17-13(19)21-14-18-11-3-1-2-4-12(11)20-14/h1-7H,(H,17,19). The van der Waals surface area contributed by atoms with Crippen LogP contribution in [0.15, 0.2) is 52.1 Å². The Morgan fingerprint density at radius 2 is 1.95 bits per heavy atom. The third-order valence-corrected chi connectivity index (χ3v) is 4.00. The second-order valence-electron chi connectivity index (χ2n) is 4.09. The number of anilines is 1. The maximum Gasteiger partial charge on any atom is 0.292 e. The molecule has 0 spiro atoms. The average Bonchev–Trinajstić information content (AvgIpc) is 2.84. The average molecular weight is 339 g/mol. The van der Waals surface area contributed by atoms with E-state index in [-0.39, 0.29) is 10.5 Å². The van der Waals surface area contributed by atoms with Gasteiger partial charge in [-0.2, -0.15) is 0 Å². The van der Waals surface area contributed by atoms with Crippen molar-refractivity contribution in [2.45, 2.75) is 5.22 Å². The van der Waals surface area contributed by atoms with E-state index in [4.69, 9.17) is 27.6 Å². The summed E-state index contributed by atoms with van der Waals surface area (Å²) < 4.78 is 5.46. The van der Waals surface area contributed by atoms with Gasteiger partial charge in [0, 0.05) is 17.4 Å². The van der Waals surface area contributed by atoms with Gasteiger partial charge in [-0.25, -0.2) is 4.98 Å². The molecular formula is C14H8Cl2N2O2S. The number of carbonyl (C=O) groups is 1. The molecule has 2 aromatic carbocycles. The third-order valence-electron chi connectivity index (χ3n) is 2.62. The molecule has 0 aliphatic carbocycles. The van der Waals surface area contributed by atoms with Crippen molar-refractivity contribution in [3.8, 4) is 0 Å². The van der Waals surface area contributed by atoms with Gasteiger partial charge < -0.3 is 9.73 Å². The molecule has 106 valence electrons. The van der Waals surface area contributed by atoms with Gasteiger partial charge in [0.05, 0.1) is 10.0 Å². The first kappa shape index (κ1) is 14.3. The van der Waals surface area contributed by atoms with Gasteiger partial charge in [-0.05, 0) is 30.3 Å². The van der Waals surface area contributed by atoms with Crippen molar-refractivity contribution in [2.24, 2.45) is 0 Å². The number of nitrogens with zero attached hydrogens (tertiary/aromatic N) is 1. The van der Waals surface area contributed by atoms with Gasteiger partial charge in [0.1, 0.15) is 5.52 Å². The van der Waals surface area contributed by atoms with Crippen molar-refractivity contribution in [2.75, 3.05) is 5.32 Å². The molecular weight excluding hydrogens is 331 g/mol. The fraction of sp³-hybridized carbons (Fsp3) is 0. The molecule has 7 heteroatoms. The van der Waals surface area contributed by atoms with Crippen molar-refractivity contribution >= 4 is 57.0 Å². The molecule has 1 N–H and O–H groups in total. The highest BCUT2D eigenvalue weighted by molar-refractivity contribution is 8.13. The summed E-state index contributed by atoms with van der Waals surface area (Å²) in [5.41, 5.74) is 1.91. The summed E-state index contributed by atoms with van der Waals surface area (Å²) in [7, 11) is 0. The van der Waals surface area contributed by atoms with Crippen LogP contribution in [0.2, 0.25) is 10.0 Å². The Bertz CT molecular complexity index is 787. The van der Waals surface area contributed by atoms with Crippen molar-refractivity contribution < 1.29 is 9.21 Å². The van der Waals surface area contributed by atoms with Gasteiger partial charge in [-0.15, -0.1) is 0 Å². The van der Waals surface area contributed by atoms with Crippen LogP contribution in [0, 0.1) is 0 Å². The molecule has 1 heterocycles. The minimum atomic E-state index is -0.319. The Balaban J connectivity index is 1.72. The number of hydrogen-bond acceptors (Lipinski definition) is 4. The highest BCUT2D eigenvalue weighted by Gasteiger charge is 2.12. The summed E-state index contributed by atoms with van der Waals surface area (Å²) in [5.74, 6) is 0. The van der Waals surface area contributed by atoms with Crippen LogP contribution in [0.4, 0.5) is 10.5 Å². The SMILES string of the molecule is O=C(Nc1ccc(Cl)c(Cl)c1)Sc1nc2ccccc2o1. The van der Waals surface area contributed by atoms with Crippen molar-refractivity contribution in [3.05, 3.63) is 52.5 Å². The minimum Gasteiger partial charge on any atom is -0.431 e. The van der Waals surface area contributed by atoms with Crippen LogP contribution in [0.1, 0.15) is 0 Å². The summed E-state index contributed by atoms with van der Waals surface area (Å²) in [4.78, 5) is 16.1. The first-order valence-corrected chi connectivity index (χ1v) is 7.48. The Labute approximate surface area is 134 Å². The van der Waals surface area contributed by atoms with Crippen LogP contribution in [0.3, 0.4) is 0 Å². The van der Waals surface area contributed by atoms with Crippen molar-refractivity contribution in [1.82, 2.24) is 4.98 Å². The van der Waals surface area contributed by atoms with E-state index in [1.807, 2.05) is 18.2 Å². The summed E-state index contributed by atoms with van der Waals surface area (Å²) in [5, 5.41) is 3.46. The predicted molar refractivity (Wildman–Crippen MR) is 85.3 cm³/mol. The number of benzene rings is 2. The zero-order chi connectivity index (χ0) is 14.8. The molecule has 4 nitrogen and oxygen atoms in total. The van der Waals surface area contributed by atoms with Gasteiger partial charge in [-0.1, -0.05) is 35.3 Å². The van der Waals surface area contributed by atoms with Crippen molar-refractivity contribution in [1.29, 1.82) is 0 Å². The Morgan fingerprint density at radius 3 is 2.71 bits per heavy atom. The normalized spacial score (nSPS) is 10.8. The van der Waals surface area contributed by atoms with Gasteiger partial charge in [0.2, 0.25) is 0 Å². The molecule has 0 saturated heterocycles. The number of fused-ring (bicyclic) bond motifs is 1. The van der Waals surface area contributed by atoms with E-state index < -0.39 is 0 Å². The van der Waals surface area contributed by atoms with Crippen molar-refractivity contribution in [3.63, 3.8) is 0 Å². The number of thioether (sulfide) groups is 1. The van der Waals surface area contributed by atoms with Gasteiger partial charge in [0.25, 0.3) is 10.5 Å². The molecule has 1 amide bonds. The summed E-state index contributed by atoms with van der Waals surface area (Å²) in [6.45, 7) is 0. The largest absolute Gasteiger partial charge is 0.431 e. The molecule has 0 saturated carbocycles. The van der Waals surface area contributed by atoms with Gasteiger partial charge in [0.15, 0.2) is 5.58 Å². The topological polar surface area (TPSA) is 55.1 Å². The van der Waals surface area contributed by atoms with E-state index in [1.54, 1.807) is 24.3 Å². The second-order valence-corrected chi connectivity index (χ2v) is 5.83. The van der Waals surface area contributed by atoms with Crippen LogP contribution in [-0.4, -0.2) is 10.2 Å². The molecule has 0 atom stereocenters. The quantitative estimate of drug-likeness (QED) is 0.630. The summed E-state index contributed by atoms with van der Waals surface area (Å²) in [6.07, 6.45) is 0. The lowest BCUT2D eigenvalue weighted by Gasteiger charge is -2.04. The number of carbonyl (C=O) groups excluding carboxylic acids is 1.